The van der Waals surface area contributed by atoms with Crippen molar-refractivity contribution in [1.82, 2.24) is 10.2 Å². The second-order valence-electron chi connectivity index (χ2n) is 8.70. The van der Waals surface area contributed by atoms with E-state index in [0.717, 1.165) is 23.7 Å². The van der Waals surface area contributed by atoms with Crippen molar-refractivity contribution in [3.05, 3.63) is 63.2 Å². The average Bonchev–Trinajstić information content (AvgIpc) is 2.83. The predicted octanol–water partition coefficient (Wildman–Crippen LogP) is 2.58. The summed E-state index contributed by atoms with van der Waals surface area (Å²) in [5, 5.41) is 14.3. The summed E-state index contributed by atoms with van der Waals surface area (Å²) < 4.78 is 0. The molecule has 0 aliphatic carbocycles. The molecule has 1 N–H and O–H groups in total. The summed E-state index contributed by atoms with van der Waals surface area (Å²) in [7, 11) is 0. The van der Waals surface area contributed by atoms with E-state index in [4.69, 9.17) is 11.6 Å². The topological polar surface area (TPSA) is 116 Å². The van der Waals surface area contributed by atoms with Crippen molar-refractivity contribution >= 4 is 46.5 Å². The molecule has 0 bridgehead atoms. The van der Waals surface area contributed by atoms with Crippen LogP contribution >= 0.6 is 11.6 Å². The van der Waals surface area contributed by atoms with Crippen LogP contribution in [-0.4, -0.2) is 59.9 Å². The molecule has 2 aromatic rings. The number of halogens is 1. The minimum absolute atomic E-state index is 0.0508. The molecule has 0 saturated carbocycles. The second-order valence-corrected chi connectivity index (χ2v) is 9.13. The number of piperazine rings is 1. The Morgan fingerprint density at radius 3 is 2.56 bits per heavy atom. The molecule has 3 heterocycles. The highest BCUT2D eigenvalue weighted by Crippen LogP contribution is 2.47. The van der Waals surface area contributed by atoms with Crippen LogP contribution in [0.3, 0.4) is 0 Å². The molecule has 5 rings (SSSR count). The van der Waals surface area contributed by atoms with Gasteiger partial charge in [0.15, 0.2) is 5.41 Å². The number of rotatable bonds is 3. The number of carbonyl (C=O) groups excluding carboxylic acids is 3. The fourth-order valence-electron chi connectivity index (χ4n) is 5.29. The predicted molar refractivity (Wildman–Crippen MR) is 125 cm³/mol. The Balaban J connectivity index is 1.67. The normalized spacial score (nSPS) is 24.6. The molecule has 34 heavy (non-hydrogen) atoms. The lowest BCUT2D eigenvalue weighted by Crippen LogP contribution is -2.75. The van der Waals surface area contributed by atoms with Gasteiger partial charge in [0.25, 0.3) is 11.6 Å². The van der Waals surface area contributed by atoms with Gasteiger partial charge < -0.3 is 4.90 Å². The first-order valence-electron chi connectivity index (χ1n) is 11.0. The molecule has 0 radical (unpaired) electrons. The lowest BCUT2D eigenvalue weighted by atomic mass is 9.67. The number of benzene rings is 2. The summed E-state index contributed by atoms with van der Waals surface area (Å²) in [6.07, 6.45) is -0.0508. The van der Waals surface area contributed by atoms with Crippen LogP contribution in [0.1, 0.15) is 12.5 Å². The highest BCUT2D eigenvalue weighted by Gasteiger charge is 2.63. The molecule has 176 valence electrons. The number of hydrogen-bond donors (Lipinski definition) is 1. The first kappa shape index (κ1) is 22.3. The van der Waals surface area contributed by atoms with Gasteiger partial charge in [-0.2, -0.15) is 0 Å². The number of nitrogens with one attached hydrogen (secondary N) is 1. The first-order valence-corrected chi connectivity index (χ1v) is 11.4. The van der Waals surface area contributed by atoms with Crippen LogP contribution < -0.4 is 15.1 Å². The van der Waals surface area contributed by atoms with Crippen molar-refractivity contribution in [1.29, 1.82) is 0 Å². The number of non-ortho nitro benzene ring substituents is 1. The summed E-state index contributed by atoms with van der Waals surface area (Å²) in [5.41, 5.74) is -0.159. The van der Waals surface area contributed by atoms with Gasteiger partial charge in [-0.15, -0.1) is 0 Å². The standard InChI is InChI=1S/C23H22ClN5O5/c1-2-26-9-10-27-18-8-7-17(29(33)34)11-14(18)12-23(19(27)13-26)20(30)25-22(32)28(21(23)31)16-5-3-15(24)4-6-16/h3-8,11,19H,2,9-10,12-13H2,1H3,(H,25,30,32)/t19-,23+/m1/s1. The van der Waals surface area contributed by atoms with Crippen LogP contribution in [0.4, 0.5) is 21.9 Å². The Kier molecular flexibility index (Phi) is 5.29. The van der Waals surface area contributed by atoms with E-state index in [2.05, 4.69) is 10.2 Å². The molecule has 1 spiro atoms. The van der Waals surface area contributed by atoms with Gasteiger partial charge >= 0.3 is 6.03 Å². The number of imide groups is 2. The lowest BCUT2D eigenvalue weighted by Gasteiger charge is -2.55. The van der Waals surface area contributed by atoms with Crippen molar-refractivity contribution in [3.63, 3.8) is 0 Å². The van der Waals surface area contributed by atoms with Crippen molar-refractivity contribution in [3.8, 4) is 0 Å². The van der Waals surface area contributed by atoms with Gasteiger partial charge in [-0.1, -0.05) is 18.5 Å². The zero-order valence-electron chi connectivity index (χ0n) is 18.4. The van der Waals surface area contributed by atoms with Crippen LogP contribution in [0.25, 0.3) is 0 Å². The van der Waals surface area contributed by atoms with Crippen LogP contribution in [0, 0.1) is 15.5 Å². The molecule has 0 unspecified atom stereocenters. The lowest BCUT2D eigenvalue weighted by molar-refractivity contribution is -0.384. The molecule has 3 aliphatic rings. The van der Waals surface area contributed by atoms with E-state index in [1.54, 1.807) is 30.3 Å². The summed E-state index contributed by atoms with van der Waals surface area (Å²) in [6, 6.07) is 9.37. The number of fused-ring (bicyclic) bond motifs is 4. The molecule has 2 saturated heterocycles. The van der Waals surface area contributed by atoms with Crippen LogP contribution in [0.5, 0.6) is 0 Å². The SMILES string of the molecule is CCN1CCN2c3ccc([N+](=O)[O-])cc3C[C@@]3(C(=O)NC(=O)N(c4ccc(Cl)cc4)C3=O)[C@H]2C1. The van der Waals surface area contributed by atoms with Crippen LogP contribution in [0.15, 0.2) is 42.5 Å². The molecule has 3 aliphatic heterocycles. The highest BCUT2D eigenvalue weighted by molar-refractivity contribution is 6.32. The molecule has 2 atom stereocenters. The molecule has 4 amide bonds. The van der Waals surface area contributed by atoms with Crippen molar-refractivity contribution in [2.45, 2.75) is 19.4 Å². The van der Waals surface area contributed by atoms with Gasteiger partial charge in [0.2, 0.25) is 5.91 Å². The maximum atomic E-state index is 14.1. The summed E-state index contributed by atoms with van der Waals surface area (Å²) >= 11 is 5.98. The zero-order valence-corrected chi connectivity index (χ0v) is 19.1. The third kappa shape index (κ3) is 3.24. The maximum absolute atomic E-state index is 14.1. The maximum Gasteiger partial charge on any atom is 0.335 e. The Morgan fingerprint density at radius 1 is 1.15 bits per heavy atom. The molecular formula is C23H22ClN5O5. The molecule has 10 nitrogen and oxygen atoms in total. The van der Waals surface area contributed by atoms with Crippen molar-refractivity contribution in [2.24, 2.45) is 5.41 Å². The summed E-state index contributed by atoms with van der Waals surface area (Å²) in [5.74, 6) is -1.33. The van der Waals surface area contributed by atoms with Crippen molar-refractivity contribution < 1.29 is 19.3 Å². The number of anilines is 2. The third-order valence-corrected chi connectivity index (χ3v) is 7.28. The highest BCUT2D eigenvalue weighted by atomic mass is 35.5. The Labute approximate surface area is 200 Å². The molecular weight excluding hydrogens is 462 g/mol. The van der Waals surface area contributed by atoms with Gasteiger partial charge in [0.1, 0.15) is 0 Å². The van der Waals surface area contributed by atoms with E-state index in [1.165, 1.54) is 12.1 Å². The number of carbonyl (C=O) groups is 3. The second kappa shape index (κ2) is 8.07. The Bertz CT molecular complexity index is 1220. The van der Waals surface area contributed by atoms with Crippen molar-refractivity contribution in [2.75, 3.05) is 36.0 Å². The molecule has 2 aromatic carbocycles. The number of nitro benzene ring substituents is 1. The van der Waals surface area contributed by atoms with E-state index < -0.39 is 34.2 Å². The Morgan fingerprint density at radius 2 is 1.88 bits per heavy atom. The van der Waals surface area contributed by atoms with E-state index in [0.29, 0.717) is 29.4 Å². The zero-order chi connectivity index (χ0) is 24.2. The summed E-state index contributed by atoms with van der Waals surface area (Å²) in [4.78, 5) is 56.5. The number of nitro groups is 1. The minimum atomic E-state index is -1.64. The third-order valence-electron chi connectivity index (χ3n) is 7.03. The number of barbiturate groups is 1. The fraction of sp³-hybridized carbons (Fsp3) is 0.348. The largest absolute Gasteiger partial charge is 0.364 e. The average molecular weight is 484 g/mol. The van der Waals surface area contributed by atoms with Gasteiger partial charge in [-0.25, -0.2) is 9.69 Å². The van der Waals surface area contributed by atoms with E-state index in [-0.39, 0.29) is 12.1 Å². The monoisotopic (exact) mass is 483 g/mol. The van der Waals surface area contributed by atoms with Crippen LogP contribution in [0.2, 0.25) is 5.02 Å². The van der Waals surface area contributed by atoms with Gasteiger partial charge in [0, 0.05) is 48.9 Å². The van der Waals surface area contributed by atoms with Crippen LogP contribution in [-0.2, 0) is 16.0 Å². The first-order chi connectivity index (χ1) is 16.3. The molecule has 0 aromatic heterocycles. The Hall–Kier alpha value is -3.50. The smallest absolute Gasteiger partial charge is 0.335 e. The van der Waals surface area contributed by atoms with Gasteiger partial charge in [-0.05, 0) is 42.4 Å². The number of hydrogen-bond acceptors (Lipinski definition) is 7. The van der Waals surface area contributed by atoms with E-state index >= 15 is 0 Å². The molecule has 2 fully saturated rings. The summed E-state index contributed by atoms with van der Waals surface area (Å²) in [6.45, 7) is 4.45. The molecule has 11 heteroatoms. The quantitative estimate of drug-likeness (QED) is 0.405. The minimum Gasteiger partial charge on any atom is -0.364 e. The van der Waals surface area contributed by atoms with Gasteiger partial charge in [0.05, 0.1) is 16.7 Å². The van der Waals surface area contributed by atoms with Gasteiger partial charge in [-0.3, -0.25) is 29.9 Å². The van der Waals surface area contributed by atoms with E-state index in [9.17, 15) is 24.5 Å². The number of likely N-dealkylation sites (N-methyl/N-ethyl adjacent to an activating group) is 1. The number of nitrogens with zero attached hydrogens (tertiary/aromatic N) is 4. The number of amides is 4. The fourth-order valence-corrected chi connectivity index (χ4v) is 5.42. The number of urea groups is 1. The van der Waals surface area contributed by atoms with E-state index in [1.807, 2.05) is 11.8 Å².